The molecule has 1 aromatic carbocycles. The number of carbonyl (C=O) groups excluding carboxylic acids is 1. The molecule has 16 heavy (non-hydrogen) atoms. The third-order valence-electron chi connectivity index (χ3n) is 2.50. The van der Waals surface area contributed by atoms with E-state index in [-0.39, 0.29) is 5.24 Å². The average Bonchev–Trinajstić information content (AvgIpc) is 2.16. The molecule has 2 nitrogen and oxygen atoms in total. The molecule has 0 aromatic heterocycles. The molecular formula is C13H17NOS. The van der Waals surface area contributed by atoms with Gasteiger partial charge < -0.3 is 5.32 Å². The molecule has 1 aromatic rings. The smallest absolute Gasteiger partial charge is 0.276 e. The van der Waals surface area contributed by atoms with Gasteiger partial charge in [0.05, 0.1) is 5.54 Å². The van der Waals surface area contributed by atoms with Crippen molar-refractivity contribution < 1.29 is 4.79 Å². The number of allylic oxidation sites excluding steroid dienone is 1. The van der Waals surface area contributed by atoms with Gasteiger partial charge >= 0.3 is 0 Å². The first-order chi connectivity index (χ1) is 7.33. The van der Waals surface area contributed by atoms with E-state index in [9.17, 15) is 4.79 Å². The molecule has 0 fully saturated rings. The maximum absolute atomic E-state index is 11.0. The van der Waals surface area contributed by atoms with Gasteiger partial charge in [-0.25, -0.2) is 0 Å². The van der Waals surface area contributed by atoms with Crippen molar-refractivity contribution >= 4 is 23.4 Å². The molecule has 3 heteroatoms. The van der Waals surface area contributed by atoms with Crippen molar-refractivity contribution in [3.05, 3.63) is 42.0 Å². The summed E-state index contributed by atoms with van der Waals surface area (Å²) in [4.78, 5) is 11.0. The summed E-state index contributed by atoms with van der Waals surface area (Å²) in [6.45, 7) is 9.75. The molecule has 0 saturated heterocycles. The lowest BCUT2D eigenvalue weighted by Crippen LogP contribution is -2.38. The second-order valence-corrected chi connectivity index (χ2v) is 4.82. The van der Waals surface area contributed by atoms with Crippen LogP contribution in [0.25, 0.3) is 5.57 Å². The quantitative estimate of drug-likeness (QED) is 0.770. The predicted octanol–water partition coefficient (Wildman–Crippen LogP) is 3.59. The van der Waals surface area contributed by atoms with Crippen LogP contribution in [0.4, 0.5) is 4.79 Å². The molecule has 86 valence electrons. The Bertz CT molecular complexity index is 424. The fourth-order valence-electron chi connectivity index (χ4n) is 1.51. The summed E-state index contributed by atoms with van der Waals surface area (Å²) in [6.07, 6.45) is 0. The highest BCUT2D eigenvalue weighted by Gasteiger charge is 2.21. The first kappa shape index (κ1) is 12.8. The van der Waals surface area contributed by atoms with Gasteiger partial charge in [0.15, 0.2) is 0 Å². The number of carbonyl (C=O) groups is 1. The van der Waals surface area contributed by atoms with E-state index in [1.165, 1.54) is 0 Å². The van der Waals surface area contributed by atoms with Gasteiger partial charge in [-0.2, -0.15) is 0 Å². The topological polar surface area (TPSA) is 29.1 Å². The highest BCUT2D eigenvalue weighted by atomic mass is 32.1. The Morgan fingerprint density at radius 1 is 1.44 bits per heavy atom. The Labute approximate surface area is 102 Å². The zero-order chi connectivity index (χ0) is 12.3. The summed E-state index contributed by atoms with van der Waals surface area (Å²) in [6, 6.07) is 7.98. The van der Waals surface area contributed by atoms with Crippen LogP contribution in [0.1, 0.15) is 31.9 Å². The van der Waals surface area contributed by atoms with E-state index in [1.807, 2.05) is 45.0 Å². The van der Waals surface area contributed by atoms with E-state index in [2.05, 4.69) is 24.5 Å². The summed E-state index contributed by atoms with van der Waals surface area (Å²) in [7, 11) is 0. The Kier molecular flexibility index (Phi) is 3.81. The number of rotatable bonds is 3. The molecule has 0 unspecified atom stereocenters. The van der Waals surface area contributed by atoms with Crippen LogP contribution in [0.5, 0.6) is 0 Å². The minimum atomic E-state index is -0.426. The highest BCUT2D eigenvalue weighted by Crippen LogP contribution is 2.23. The Morgan fingerprint density at radius 3 is 2.56 bits per heavy atom. The van der Waals surface area contributed by atoms with Gasteiger partial charge in [0.25, 0.3) is 5.24 Å². The maximum atomic E-state index is 11.0. The number of hydrogen-bond donors (Lipinski definition) is 2. The molecule has 0 saturated carbocycles. The van der Waals surface area contributed by atoms with Crippen molar-refractivity contribution in [1.82, 2.24) is 5.32 Å². The van der Waals surface area contributed by atoms with E-state index in [0.717, 1.165) is 16.7 Å². The summed E-state index contributed by atoms with van der Waals surface area (Å²) in [5, 5.41) is 2.47. The molecule has 1 rings (SSSR count). The Balaban J connectivity index is 3.07. The van der Waals surface area contributed by atoms with Gasteiger partial charge in [-0.15, -0.1) is 0 Å². The van der Waals surface area contributed by atoms with E-state index >= 15 is 0 Å². The standard InChI is InChI=1S/C13H17NOS/c1-9(2)10-6-5-7-11(8-10)13(3,4)14-12(15)16/h5-8H,1H2,2-4H3,(H2,14,15,16). The fourth-order valence-corrected chi connectivity index (χ4v) is 1.79. The number of amides is 1. The lowest BCUT2D eigenvalue weighted by atomic mass is 9.92. The fraction of sp³-hybridized carbons (Fsp3) is 0.308. The van der Waals surface area contributed by atoms with Crippen molar-refractivity contribution in [2.24, 2.45) is 0 Å². The number of benzene rings is 1. The van der Waals surface area contributed by atoms with Crippen LogP contribution in [0.15, 0.2) is 30.8 Å². The predicted molar refractivity (Wildman–Crippen MR) is 71.7 cm³/mol. The number of hydrogen-bond acceptors (Lipinski definition) is 1. The van der Waals surface area contributed by atoms with E-state index in [1.54, 1.807) is 0 Å². The molecule has 0 aliphatic carbocycles. The summed E-state index contributed by atoms with van der Waals surface area (Å²) < 4.78 is 0. The van der Waals surface area contributed by atoms with Gasteiger partial charge in [-0.05, 0) is 38.0 Å². The van der Waals surface area contributed by atoms with E-state index in [0.29, 0.717) is 0 Å². The van der Waals surface area contributed by atoms with Crippen LogP contribution in [-0.2, 0) is 5.54 Å². The van der Waals surface area contributed by atoms with E-state index < -0.39 is 5.54 Å². The largest absolute Gasteiger partial charge is 0.338 e. The lowest BCUT2D eigenvalue weighted by Gasteiger charge is -2.26. The minimum absolute atomic E-state index is 0.328. The summed E-state index contributed by atoms with van der Waals surface area (Å²) in [5.41, 5.74) is 2.70. The molecule has 0 radical (unpaired) electrons. The van der Waals surface area contributed by atoms with Gasteiger partial charge in [0, 0.05) is 0 Å². The van der Waals surface area contributed by atoms with Crippen LogP contribution in [0.3, 0.4) is 0 Å². The average molecular weight is 235 g/mol. The molecule has 1 N–H and O–H groups in total. The Hall–Kier alpha value is -1.22. The number of nitrogens with one attached hydrogen (secondary N) is 1. The molecule has 0 atom stereocenters. The lowest BCUT2D eigenvalue weighted by molar-refractivity contribution is 0.251. The third-order valence-corrected chi connectivity index (χ3v) is 2.61. The zero-order valence-corrected chi connectivity index (χ0v) is 10.8. The van der Waals surface area contributed by atoms with E-state index in [4.69, 9.17) is 0 Å². The van der Waals surface area contributed by atoms with Crippen molar-refractivity contribution in [2.45, 2.75) is 26.3 Å². The molecule has 1 amide bonds. The van der Waals surface area contributed by atoms with Gasteiger partial charge in [0.1, 0.15) is 0 Å². The first-order valence-corrected chi connectivity index (χ1v) is 5.55. The van der Waals surface area contributed by atoms with Crippen LogP contribution >= 0.6 is 12.6 Å². The molecular weight excluding hydrogens is 218 g/mol. The zero-order valence-electron chi connectivity index (χ0n) is 9.87. The van der Waals surface area contributed by atoms with Crippen LogP contribution in [-0.4, -0.2) is 5.24 Å². The van der Waals surface area contributed by atoms with Crippen molar-refractivity contribution in [1.29, 1.82) is 0 Å². The molecule has 0 aliphatic rings. The molecule has 0 bridgehead atoms. The van der Waals surface area contributed by atoms with Crippen molar-refractivity contribution in [3.8, 4) is 0 Å². The SMILES string of the molecule is C=C(C)c1cccc(C(C)(C)NC(=O)S)c1. The molecule has 0 heterocycles. The molecule has 0 aliphatic heterocycles. The van der Waals surface area contributed by atoms with Crippen LogP contribution < -0.4 is 5.32 Å². The van der Waals surface area contributed by atoms with Crippen molar-refractivity contribution in [2.75, 3.05) is 0 Å². The van der Waals surface area contributed by atoms with Crippen LogP contribution in [0.2, 0.25) is 0 Å². The highest BCUT2D eigenvalue weighted by molar-refractivity contribution is 7.96. The van der Waals surface area contributed by atoms with Crippen LogP contribution in [0, 0.1) is 0 Å². The normalized spacial score (nSPS) is 11.0. The van der Waals surface area contributed by atoms with Gasteiger partial charge in [0.2, 0.25) is 0 Å². The maximum Gasteiger partial charge on any atom is 0.276 e. The second-order valence-electron chi connectivity index (χ2n) is 4.42. The second kappa shape index (κ2) is 4.74. The summed E-state index contributed by atoms with van der Waals surface area (Å²) in [5.74, 6) is 0. The van der Waals surface area contributed by atoms with Gasteiger partial charge in [-0.1, -0.05) is 43.0 Å². The third kappa shape index (κ3) is 3.14. The molecule has 0 spiro atoms. The minimum Gasteiger partial charge on any atom is -0.338 e. The monoisotopic (exact) mass is 235 g/mol. The first-order valence-electron chi connectivity index (χ1n) is 5.10. The number of thiol groups is 1. The van der Waals surface area contributed by atoms with Gasteiger partial charge in [-0.3, -0.25) is 4.79 Å². The van der Waals surface area contributed by atoms with Crippen molar-refractivity contribution in [3.63, 3.8) is 0 Å². The Morgan fingerprint density at radius 2 is 2.06 bits per heavy atom. The summed E-state index contributed by atoms with van der Waals surface area (Å²) >= 11 is 3.74.